The van der Waals surface area contributed by atoms with Gasteiger partial charge >= 0.3 is 0 Å². The third kappa shape index (κ3) is 5.61. The van der Waals surface area contributed by atoms with Crippen LogP contribution < -0.4 is 5.32 Å². The van der Waals surface area contributed by atoms with Gasteiger partial charge in [0.1, 0.15) is 5.03 Å². The third-order valence-electron chi connectivity index (χ3n) is 5.08. The van der Waals surface area contributed by atoms with Gasteiger partial charge in [0.15, 0.2) is 0 Å². The normalized spacial score (nSPS) is 19.6. The van der Waals surface area contributed by atoms with Crippen molar-refractivity contribution in [2.24, 2.45) is 0 Å². The van der Waals surface area contributed by atoms with Crippen molar-refractivity contribution < 1.29 is 4.79 Å². The van der Waals surface area contributed by atoms with Crippen LogP contribution in [-0.4, -0.2) is 66.0 Å². The quantitative estimate of drug-likeness (QED) is 0.790. The highest BCUT2D eigenvalue weighted by Crippen LogP contribution is 2.26. The van der Waals surface area contributed by atoms with Gasteiger partial charge in [-0.05, 0) is 42.8 Å². The summed E-state index contributed by atoms with van der Waals surface area (Å²) in [5.41, 5.74) is 0.774. The molecule has 1 aromatic carbocycles. The molecule has 2 saturated heterocycles. The van der Waals surface area contributed by atoms with Gasteiger partial charge in [0.05, 0.1) is 0 Å². The lowest BCUT2D eigenvalue weighted by molar-refractivity contribution is 0.0773. The summed E-state index contributed by atoms with van der Waals surface area (Å²) >= 11 is 1.61. The molecule has 0 radical (unpaired) electrons. The van der Waals surface area contributed by atoms with E-state index in [1.807, 2.05) is 47.4 Å². The van der Waals surface area contributed by atoms with E-state index in [9.17, 15) is 4.79 Å². The summed E-state index contributed by atoms with van der Waals surface area (Å²) in [6.07, 6.45) is 2.88. The number of rotatable bonds is 4. The number of amides is 1. The molecule has 2 aromatic rings. The van der Waals surface area contributed by atoms with Crippen LogP contribution in [0.25, 0.3) is 0 Å². The second kappa shape index (κ2) is 11.0. The Morgan fingerprint density at radius 1 is 1.04 bits per heavy atom. The Hall–Kier alpha value is -1.31. The fourth-order valence-electron chi connectivity index (χ4n) is 3.65. The molecule has 152 valence electrons. The van der Waals surface area contributed by atoms with E-state index in [4.69, 9.17) is 0 Å². The molecule has 2 aliphatic rings. The largest absolute Gasteiger partial charge is 0.337 e. The van der Waals surface area contributed by atoms with Crippen LogP contribution in [0.4, 0.5) is 0 Å². The van der Waals surface area contributed by atoms with Gasteiger partial charge in [0, 0.05) is 62.0 Å². The average molecular weight is 441 g/mol. The highest BCUT2D eigenvalue weighted by Gasteiger charge is 2.31. The van der Waals surface area contributed by atoms with Gasteiger partial charge in [-0.25, -0.2) is 4.98 Å². The molecule has 3 heterocycles. The second-order valence-corrected chi connectivity index (χ2v) is 7.87. The molecule has 1 unspecified atom stereocenters. The molecule has 0 saturated carbocycles. The highest BCUT2D eigenvalue weighted by atomic mass is 35.5. The van der Waals surface area contributed by atoms with Crippen LogP contribution in [-0.2, 0) is 0 Å². The Kier molecular flexibility index (Phi) is 9.05. The van der Waals surface area contributed by atoms with E-state index in [-0.39, 0.29) is 30.7 Å². The molecule has 0 aliphatic carbocycles. The average Bonchev–Trinajstić information content (AvgIpc) is 3.20. The maximum atomic E-state index is 12.8. The van der Waals surface area contributed by atoms with Crippen LogP contribution in [0, 0.1) is 0 Å². The third-order valence-corrected chi connectivity index (χ3v) is 6.04. The van der Waals surface area contributed by atoms with E-state index < -0.39 is 0 Å². The number of carbonyl (C=O) groups is 1. The standard InChI is InChI=1S/C20H24N4OS.2ClH/c25-20(24-12-8-17(15-24)23-13-10-21-11-14-23)16-4-6-18(7-5-16)26-19-3-1-2-9-22-19;;/h1-7,9,17,21H,8,10-15H2;2*1H. The zero-order valence-electron chi connectivity index (χ0n) is 15.6. The first-order chi connectivity index (χ1) is 12.8. The maximum absolute atomic E-state index is 12.8. The number of hydrogen-bond acceptors (Lipinski definition) is 5. The molecular formula is C20H26Cl2N4OS. The Labute approximate surface area is 183 Å². The van der Waals surface area contributed by atoms with E-state index >= 15 is 0 Å². The lowest BCUT2D eigenvalue weighted by atomic mass is 10.2. The number of hydrogen-bond donors (Lipinski definition) is 1. The summed E-state index contributed by atoms with van der Waals surface area (Å²) in [7, 11) is 0. The Balaban J connectivity index is 0.00000140. The maximum Gasteiger partial charge on any atom is 0.253 e. The molecule has 1 aromatic heterocycles. The van der Waals surface area contributed by atoms with Crippen molar-refractivity contribution in [1.82, 2.24) is 20.1 Å². The van der Waals surface area contributed by atoms with Gasteiger partial charge in [0.2, 0.25) is 0 Å². The zero-order valence-corrected chi connectivity index (χ0v) is 18.1. The predicted octanol–water partition coefficient (Wildman–Crippen LogP) is 3.20. The number of nitrogens with zero attached hydrogens (tertiary/aromatic N) is 3. The van der Waals surface area contributed by atoms with Crippen molar-refractivity contribution in [3.8, 4) is 0 Å². The van der Waals surface area contributed by atoms with E-state index in [1.165, 1.54) is 0 Å². The molecule has 5 nitrogen and oxygen atoms in total. The monoisotopic (exact) mass is 440 g/mol. The van der Waals surface area contributed by atoms with E-state index in [0.29, 0.717) is 6.04 Å². The van der Waals surface area contributed by atoms with Crippen LogP contribution in [0.2, 0.25) is 0 Å². The van der Waals surface area contributed by atoms with E-state index in [2.05, 4.69) is 15.2 Å². The van der Waals surface area contributed by atoms with Crippen molar-refractivity contribution in [3.05, 3.63) is 54.2 Å². The molecule has 2 fully saturated rings. The van der Waals surface area contributed by atoms with Crippen LogP contribution in [0.1, 0.15) is 16.8 Å². The van der Waals surface area contributed by atoms with Gasteiger partial charge in [-0.15, -0.1) is 24.8 Å². The molecule has 28 heavy (non-hydrogen) atoms. The summed E-state index contributed by atoms with van der Waals surface area (Å²) in [6, 6.07) is 14.3. The molecule has 2 aliphatic heterocycles. The molecule has 4 rings (SSSR count). The molecule has 1 N–H and O–H groups in total. The fourth-order valence-corrected chi connectivity index (χ4v) is 4.42. The first-order valence-corrected chi connectivity index (χ1v) is 10.0. The molecule has 1 amide bonds. The van der Waals surface area contributed by atoms with Gasteiger partial charge in [-0.1, -0.05) is 17.8 Å². The first-order valence-electron chi connectivity index (χ1n) is 9.22. The minimum atomic E-state index is 0. The van der Waals surface area contributed by atoms with Gasteiger partial charge in [-0.2, -0.15) is 0 Å². The van der Waals surface area contributed by atoms with Crippen molar-refractivity contribution in [2.45, 2.75) is 22.4 Å². The van der Waals surface area contributed by atoms with Gasteiger partial charge in [0.25, 0.3) is 5.91 Å². The molecule has 1 atom stereocenters. The number of aromatic nitrogens is 1. The van der Waals surface area contributed by atoms with E-state index in [0.717, 1.165) is 61.2 Å². The fraction of sp³-hybridized carbons (Fsp3) is 0.400. The number of likely N-dealkylation sites (tertiary alicyclic amines) is 1. The number of benzene rings is 1. The number of carbonyl (C=O) groups excluding carboxylic acids is 1. The lowest BCUT2D eigenvalue weighted by Crippen LogP contribution is -2.49. The van der Waals surface area contributed by atoms with Gasteiger partial charge < -0.3 is 10.2 Å². The van der Waals surface area contributed by atoms with Crippen LogP contribution in [0.15, 0.2) is 58.6 Å². The zero-order chi connectivity index (χ0) is 17.8. The smallest absolute Gasteiger partial charge is 0.253 e. The minimum absolute atomic E-state index is 0. The molecular weight excluding hydrogens is 415 g/mol. The van der Waals surface area contributed by atoms with Crippen LogP contribution in [0.3, 0.4) is 0 Å². The SMILES string of the molecule is Cl.Cl.O=C(c1ccc(Sc2ccccn2)cc1)N1CCC(N2CCNCC2)C1. The molecule has 0 spiro atoms. The number of halogens is 2. The second-order valence-electron chi connectivity index (χ2n) is 6.77. The Morgan fingerprint density at radius 2 is 1.79 bits per heavy atom. The summed E-state index contributed by atoms with van der Waals surface area (Å²) < 4.78 is 0. The topological polar surface area (TPSA) is 48.5 Å². The highest BCUT2D eigenvalue weighted by molar-refractivity contribution is 7.99. The first kappa shape index (κ1) is 23.0. The molecule has 8 heteroatoms. The lowest BCUT2D eigenvalue weighted by Gasteiger charge is -2.32. The Bertz CT molecular complexity index is 742. The summed E-state index contributed by atoms with van der Waals surface area (Å²) in [4.78, 5) is 22.8. The Morgan fingerprint density at radius 3 is 2.46 bits per heavy atom. The number of pyridine rings is 1. The number of nitrogens with one attached hydrogen (secondary N) is 1. The van der Waals surface area contributed by atoms with Crippen molar-refractivity contribution in [1.29, 1.82) is 0 Å². The molecule has 0 bridgehead atoms. The van der Waals surface area contributed by atoms with Gasteiger partial charge in [-0.3, -0.25) is 9.69 Å². The van der Waals surface area contributed by atoms with Crippen molar-refractivity contribution in [2.75, 3.05) is 39.3 Å². The van der Waals surface area contributed by atoms with Crippen molar-refractivity contribution in [3.63, 3.8) is 0 Å². The summed E-state index contributed by atoms with van der Waals surface area (Å²) in [5.74, 6) is 0.150. The van der Waals surface area contributed by atoms with E-state index in [1.54, 1.807) is 18.0 Å². The number of piperazine rings is 1. The van der Waals surface area contributed by atoms with Crippen LogP contribution in [0.5, 0.6) is 0 Å². The minimum Gasteiger partial charge on any atom is -0.337 e. The van der Waals surface area contributed by atoms with Crippen LogP contribution >= 0.6 is 36.6 Å². The predicted molar refractivity (Wildman–Crippen MR) is 118 cm³/mol. The summed E-state index contributed by atoms with van der Waals surface area (Å²) in [5, 5.41) is 4.35. The van der Waals surface area contributed by atoms with Crippen molar-refractivity contribution >= 4 is 42.5 Å². The summed E-state index contributed by atoms with van der Waals surface area (Å²) in [6.45, 7) is 6.00.